The molecular weight excluding hydrogens is 474 g/mol. The van der Waals surface area contributed by atoms with Crippen molar-refractivity contribution in [3.63, 3.8) is 0 Å². The molecule has 1 spiro atoms. The molecule has 37 heavy (non-hydrogen) atoms. The van der Waals surface area contributed by atoms with Gasteiger partial charge in [-0.1, -0.05) is 49.4 Å². The van der Waals surface area contributed by atoms with Crippen molar-refractivity contribution in [1.29, 1.82) is 0 Å². The minimum absolute atomic E-state index is 0.0319. The minimum Gasteiger partial charge on any atom is -0.450 e. The molecule has 0 radical (unpaired) electrons. The number of amides is 1. The van der Waals surface area contributed by atoms with Gasteiger partial charge in [0.05, 0.1) is 5.56 Å². The van der Waals surface area contributed by atoms with Crippen LogP contribution in [0.5, 0.6) is 0 Å². The van der Waals surface area contributed by atoms with E-state index in [9.17, 15) is 18.4 Å². The summed E-state index contributed by atoms with van der Waals surface area (Å²) in [6.07, 6.45) is 1.64. The molecule has 3 aromatic carbocycles. The standard InChI is InChI=1S/C30H30F2N2O3/c1-3-28(35)34-12-10-19-6-4-5-7-22(19)20-8-9-21(18(2)14-20)25-17-33-13-11-30(25)24-16-27(32)26(31)15-23(24)29(36)37-30/h4-9,14-16,25,33H,3,10-13,17H2,1-2H3,(H,34,35)/t25-,30+/m1/s1. The molecule has 1 saturated heterocycles. The molecule has 0 unspecified atom stereocenters. The number of halogens is 2. The molecule has 5 nitrogen and oxygen atoms in total. The Labute approximate surface area is 215 Å². The van der Waals surface area contributed by atoms with E-state index in [1.165, 1.54) is 0 Å². The number of nitrogens with one attached hydrogen (secondary N) is 2. The van der Waals surface area contributed by atoms with Crippen LogP contribution in [0.4, 0.5) is 8.78 Å². The fourth-order valence-electron chi connectivity index (χ4n) is 5.72. The quantitative estimate of drug-likeness (QED) is 0.456. The van der Waals surface area contributed by atoms with Crippen molar-refractivity contribution >= 4 is 11.9 Å². The highest BCUT2D eigenvalue weighted by atomic mass is 19.2. The van der Waals surface area contributed by atoms with Crippen LogP contribution < -0.4 is 10.6 Å². The average molecular weight is 505 g/mol. The van der Waals surface area contributed by atoms with Crippen molar-refractivity contribution in [2.24, 2.45) is 0 Å². The molecule has 1 amide bonds. The topological polar surface area (TPSA) is 67.4 Å². The van der Waals surface area contributed by atoms with E-state index in [2.05, 4.69) is 34.9 Å². The van der Waals surface area contributed by atoms with Gasteiger partial charge in [0.1, 0.15) is 5.60 Å². The first-order chi connectivity index (χ1) is 17.8. The molecule has 7 heteroatoms. The molecule has 2 heterocycles. The largest absolute Gasteiger partial charge is 0.450 e. The normalized spacial score (nSPS) is 20.5. The van der Waals surface area contributed by atoms with Gasteiger partial charge in [0.2, 0.25) is 5.91 Å². The highest BCUT2D eigenvalue weighted by Gasteiger charge is 2.53. The zero-order valence-corrected chi connectivity index (χ0v) is 21.0. The summed E-state index contributed by atoms with van der Waals surface area (Å²) >= 11 is 0. The van der Waals surface area contributed by atoms with Crippen LogP contribution in [-0.4, -0.2) is 31.5 Å². The molecule has 0 bridgehead atoms. The van der Waals surface area contributed by atoms with Gasteiger partial charge >= 0.3 is 5.97 Å². The number of hydrogen-bond acceptors (Lipinski definition) is 4. The SMILES string of the molecule is CCC(=O)NCCc1ccccc1-c1ccc([C@H]2CNCC[C@@]23OC(=O)c2cc(F)c(F)cc23)c(C)c1. The second-order valence-electron chi connectivity index (χ2n) is 9.78. The Morgan fingerprint density at radius 3 is 2.68 bits per heavy atom. The van der Waals surface area contributed by atoms with Gasteiger partial charge in [-0.2, -0.15) is 0 Å². The highest BCUT2D eigenvalue weighted by molar-refractivity contribution is 5.95. The van der Waals surface area contributed by atoms with Crippen molar-refractivity contribution in [3.8, 4) is 11.1 Å². The van der Waals surface area contributed by atoms with Crippen LogP contribution in [0.2, 0.25) is 0 Å². The van der Waals surface area contributed by atoms with Gasteiger partial charge in [-0.15, -0.1) is 0 Å². The van der Waals surface area contributed by atoms with E-state index in [4.69, 9.17) is 4.74 Å². The molecular formula is C30H30F2N2O3. The lowest BCUT2D eigenvalue weighted by Crippen LogP contribution is -2.47. The Hall–Kier alpha value is -3.58. The third kappa shape index (κ3) is 4.53. The first-order valence-corrected chi connectivity index (χ1v) is 12.7. The van der Waals surface area contributed by atoms with Crippen molar-refractivity contribution in [1.82, 2.24) is 10.6 Å². The van der Waals surface area contributed by atoms with E-state index < -0.39 is 23.2 Å². The summed E-state index contributed by atoms with van der Waals surface area (Å²) in [6, 6.07) is 16.4. The number of ether oxygens (including phenoxy) is 1. The molecule has 2 atom stereocenters. The number of aryl methyl sites for hydroxylation is 1. The molecule has 2 aliphatic heterocycles. The van der Waals surface area contributed by atoms with Gasteiger partial charge in [-0.25, -0.2) is 13.6 Å². The van der Waals surface area contributed by atoms with Crippen LogP contribution in [0.3, 0.4) is 0 Å². The number of carbonyl (C=O) groups excluding carboxylic acids is 2. The summed E-state index contributed by atoms with van der Waals surface area (Å²) < 4.78 is 34.2. The van der Waals surface area contributed by atoms with Gasteiger partial charge in [0.25, 0.3) is 0 Å². The van der Waals surface area contributed by atoms with Crippen LogP contribution in [-0.2, 0) is 21.6 Å². The Morgan fingerprint density at radius 2 is 1.89 bits per heavy atom. The molecule has 0 aromatic heterocycles. The van der Waals surface area contributed by atoms with E-state index in [1.54, 1.807) is 0 Å². The number of piperidine rings is 1. The lowest BCUT2D eigenvalue weighted by Gasteiger charge is -2.41. The summed E-state index contributed by atoms with van der Waals surface area (Å²) in [5, 5.41) is 6.31. The fourth-order valence-corrected chi connectivity index (χ4v) is 5.72. The van der Waals surface area contributed by atoms with E-state index >= 15 is 0 Å². The molecule has 2 aliphatic rings. The maximum atomic E-state index is 14.3. The zero-order chi connectivity index (χ0) is 26.2. The Kier molecular flexibility index (Phi) is 6.82. The minimum atomic E-state index is -1.05. The number of carbonyl (C=O) groups is 2. The lowest BCUT2D eigenvalue weighted by atomic mass is 9.72. The average Bonchev–Trinajstić information content (AvgIpc) is 3.15. The summed E-state index contributed by atoms with van der Waals surface area (Å²) in [5.41, 5.74) is 4.77. The first kappa shape index (κ1) is 25.1. The summed E-state index contributed by atoms with van der Waals surface area (Å²) in [7, 11) is 0. The van der Waals surface area contributed by atoms with Gasteiger partial charge in [-0.3, -0.25) is 4.79 Å². The highest BCUT2D eigenvalue weighted by Crippen LogP contribution is 2.51. The summed E-state index contributed by atoms with van der Waals surface area (Å²) in [4.78, 5) is 24.4. The molecule has 5 rings (SSSR count). The monoisotopic (exact) mass is 504 g/mol. The van der Waals surface area contributed by atoms with E-state index in [0.29, 0.717) is 44.5 Å². The fraction of sp³-hybridized carbons (Fsp3) is 0.333. The van der Waals surface area contributed by atoms with Crippen molar-refractivity contribution < 1.29 is 23.1 Å². The van der Waals surface area contributed by atoms with Crippen LogP contribution >= 0.6 is 0 Å². The number of hydrogen-bond donors (Lipinski definition) is 2. The number of benzene rings is 3. The third-order valence-electron chi connectivity index (χ3n) is 7.61. The molecule has 0 aliphatic carbocycles. The summed E-state index contributed by atoms with van der Waals surface area (Å²) in [6.45, 7) is 5.56. The number of fused-ring (bicyclic) bond motifs is 2. The molecule has 1 fully saturated rings. The van der Waals surface area contributed by atoms with Crippen molar-refractivity contribution in [2.75, 3.05) is 19.6 Å². The van der Waals surface area contributed by atoms with Crippen LogP contribution in [0.25, 0.3) is 11.1 Å². The van der Waals surface area contributed by atoms with E-state index in [0.717, 1.165) is 39.9 Å². The number of esters is 1. The Morgan fingerprint density at radius 1 is 1.11 bits per heavy atom. The van der Waals surface area contributed by atoms with E-state index in [-0.39, 0.29) is 17.4 Å². The van der Waals surface area contributed by atoms with E-state index in [1.807, 2.05) is 32.0 Å². The maximum absolute atomic E-state index is 14.3. The van der Waals surface area contributed by atoms with Crippen LogP contribution in [0.15, 0.2) is 54.6 Å². The predicted molar refractivity (Wildman–Crippen MR) is 137 cm³/mol. The second kappa shape index (κ2) is 10.1. The molecule has 0 saturated carbocycles. The predicted octanol–water partition coefficient (Wildman–Crippen LogP) is 5.15. The van der Waals surface area contributed by atoms with Crippen LogP contribution in [0, 0.1) is 18.6 Å². The van der Waals surface area contributed by atoms with Crippen LogP contribution in [0.1, 0.15) is 58.3 Å². The Bertz CT molecular complexity index is 1370. The first-order valence-electron chi connectivity index (χ1n) is 12.7. The Balaban J connectivity index is 1.49. The maximum Gasteiger partial charge on any atom is 0.339 e. The van der Waals surface area contributed by atoms with Crippen molar-refractivity contribution in [3.05, 3.63) is 94.0 Å². The molecule has 192 valence electrons. The van der Waals surface area contributed by atoms with Gasteiger partial charge in [0.15, 0.2) is 11.6 Å². The zero-order valence-electron chi connectivity index (χ0n) is 21.0. The smallest absolute Gasteiger partial charge is 0.339 e. The van der Waals surface area contributed by atoms with Gasteiger partial charge in [0, 0.05) is 37.4 Å². The lowest BCUT2D eigenvalue weighted by molar-refractivity contribution is -0.120. The third-order valence-corrected chi connectivity index (χ3v) is 7.61. The van der Waals surface area contributed by atoms with Gasteiger partial charge < -0.3 is 15.4 Å². The summed E-state index contributed by atoms with van der Waals surface area (Å²) in [5.74, 6) is -2.87. The van der Waals surface area contributed by atoms with Gasteiger partial charge in [-0.05, 0) is 59.8 Å². The molecule has 3 aromatic rings. The van der Waals surface area contributed by atoms with Crippen molar-refractivity contribution in [2.45, 2.75) is 44.6 Å². The second-order valence-corrected chi connectivity index (χ2v) is 9.78. The molecule has 2 N–H and O–H groups in total. The number of rotatable bonds is 6.